The van der Waals surface area contributed by atoms with E-state index in [2.05, 4.69) is 5.32 Å². The van der Waals surface area contributed by atoms with E-state index in [0.29, 0.717) is 17.8 Å². The fraction of sp³-hybridized carbons (Fsp3) is 0.111. The Kier molecular flexibility index (Phi) is 3.40. The van der Waals surface area contributed by atoms with Crippen LogP contribution in [0.4, 0.5) is 5.69 Å². The fourth-order valence-corrected chi connectivity index (χ4v) is 1.21. The molecule has 0 spiro atoms. The van der Waals surface area contributed by atoms with Crippen LogP contribution < -0.4 is 11.1 Å². The van der Waals surface area contributed by atoms with Crippen molar-refractivity contribution in [1.82, 2.24) is 0 Å². The van der Waals surface area contributed by atoms with E-state index in [4.69, 9.17) is 18.0 Å². The predicted octanol–water partition coefficient (Wildman–Crippen LogP) is 1.08. The summed E-state index contributed by atoms with van der Waals surface area (Å²) in [4.78, 5) is 10.6. The summed E-state index contributed by atoms with van der Waals surface area (Å²) < 4.78 is 0. The minimum atomic E-state index is 0.447. The Bertz CT molecular complexity index is 325. The predicted molar refractivity (Wildman–Crippen MR) is 56.6 cm³/mol. The summed E-state index contributed by atoms with van der Waals surface area (Å²) in [6.45, 7) is 0. The molecule has 1 aromatic rings. The highest BCUT2D eigenvalue weighted by Crippen LogP contribution is 2.10. The van der Waals surface area contributed by atoms with Crippen LogP contribution in [-0.2, 0) is 11.2 Å². The van der Waals surface area contributed by atoms with E-state index in [1.807, 2.05) is 18.2 Å². The molecule has 3 nitrogen and oxygen atoms in total. The largest absolute Gasteiger partial charge is 0.393 e. The first-order chi connectivity index (χ1) is 6.22. The lowest BCUT2D eigenvalue weighted by molar-refractivity contribution is -0.105. The highest BCUT2D eigenvalue weighted by Gasteiger charge is 1.96. The minimum Gasteiger partial charge on any atom is -0.393 e. The number of carbonyl (C=O) groups excluding carboxylic acids is 1. The van der Waals surface area contributed by atoms with E-state index in [0.717, 1.165) is 11.3 Å². The monoisotopic (exact) mass is 194 g/mol. The van der Waals surface area contributed by atoms with Crippen molar-refractivity contribution in [2.24, 2.45) is 5.73 Å². The lowest BCUT2D eigenvalue weighted by atomic mass is 10.1. The highest BCUT2D eigenvalue weighted by molar-refractivity contribution is 7.80. The topological polar surface area (TPSA) is 55.1 Å². The van der Waals surface area contributed by atoms with Gasteiger partial charge in [-0.2, -0.15) is 0 Å². The maximum Gasteiger partial charge on any atom is 0.211 e. The number of amides is 1. The van der Waals surface area contributed by atoms with Gasteiger partial charge in [0.25, 0.3) is 0 Å². The lowest BCUT2D eigenvalue weighted by Gasteiger charge is -2.02. The van der Waals surface area contributed by atoms with E-state index >= 15 is 0 Å². The summed E-state index contributed by atoms with van der Waals surface area (Å²) in [6.07, 6.45) is 1.20. The zero-order valence-corrected chi connectivity index (χ0v) is 7.80. The molecule has 13 heavy (non-hydrogen) atoms. The summed E-state index contributed by atoms with van der Waals surface area (Å²) in [5.41, 5.74) is 7.14. The molecule has 0 atom stereocenters. The van der Waals surface area contributed by atoms with Gasteiger partial charge in [-0.1, -0.05) is 24.4 Å². The SMILES string of the molecule is NC(=S)Cc1cccc(NC=O)c1. The van der Waals surface area contributed by atoms with Gasteiger partial charge in [0.1, 0.15) is 0 Å². The Hall–Kier alpha value is -1.42. The molecular weight excluding hydrogens is 184 g/mol. The average Bonchev–Trinajstić information content (AvgIpc) is 2.04. The Labute approximate surface area is 81.9 Å². The van der Waals surface area contributed by atoms with Crippen LogP contribution in [0.5, 0.6) is 0 Å². The Morgan fingerprint density at radius 2 is 2.38 bits per heavy atom. The van der Waals surface area contributed by atoms with Crippen LogP contribution in [0.15, 0.2) is 24.3 Å². The molecule has 0 bridgehead atoms. The van der Waals surface area contributed by atoms with Gasteiger partial charge in [0.05, 0.1) is 4.99 Å². The second-order valence-corrected chi connectivity index (χ2v) is 3.13. The van der Waals surface area contributed by atoms with Gasteiger partial charge >= 0.3 is 0 Å². The number of nitrogens with one attached hydrogen (secondary N) is 1. The van der Waals surface area contributed by atoms with Crippen molar-refractivity contribution < 1.29 is 4.79 Å². The third kappa shape index (κ3) is 3.21. The number of nitrogens with two attached hydrogens (primary N) is 1. The van der Waals surface area contributed by atoms with E-state index in [1.54, 1.807) is 6.07 Å². The third-order valence-electron chi connectivity index (χ3n) is 1.53. The molecule has 0 fully saturated rings. The van der Waals surface area contributed by atoms with Crippen molar-refractivity contribution in [3.8, 4) is 0 Å². The average molecular weight is 194 g/mol. The normalized spacial score (nSPS) is 9.23. The number of anilines is 1. The minimum absolute atomic E-state index is 0.447. The van der Waals surface area contributed by atoms with Gasteiger partial charge < -0.3 is 11.1 Å². The van der Waals surface area contributed by atoms with Gasteiger partial charge in [-0.15, -0.1) is 0 Å². The van der Waals surface area contributed by atoms with Crippen molar-refractivity contribution in [2.75, 3.05) is 5.32 Å². The van der Waals surface area contributed by atoms with Crippen LogP contribution in [0, 0.1) is 0 Å². The molecule has 1 amide bonds. The molecule has 0 aliphatic carbocycles. The molecule has 0 saturated heterocycles. The van der Waals surface area contributed by atoms with Crippen LogP contribution in [0.3, 0.4) is 0 Å². The van der Waals surface area contributed by atoms with E-state index < -0.39 is 0 Å². The first-order valence-corrected chi connectivity index (χ1v) is 4.20. The molecule has 0 heterocycles. The van der Waals surface area contributed by atoms with Gasteiger partial charge in [0.2, 0.25) is 6.41 Å². The summed E-state index contributed by atoms with van der Waals surface area (Å²) in [6, 6.07) is 7.40. The Balaban J connectivity index is 2.78. The molecule has 0 aliphatic rings. The van der Waals surface area contributed by atoms with Crippen molar-refractivity contribution in [1.29, 1.82) is 0 Å². The van der Waals surface area contributed by atoms with Gasteiger partial charge in [0, 0.05) is 12.1 Å². The zero-order valence-electron chi connectivity index (χ0n) is 6.99. The Morgan fingerprint density at radius 1 is 1.62 bits per heavy atom. The molecule has 3 N–H and O–H groups in total. The van der Waals surface area contributed by atoms with Crippen molar-refractivity contribution in [2.45, 2.75) is 6.42 Å². The Morgan fingerprint density at radius 3 is 3.00 bits per heavy atom. The number of hydrogen-bond donors (Lipinski definition) is 2. The zero-order chi connectivity index (χ0) is 9.68. The first kappa shape index (κ1) is 9.67. The number of benzene rings is 1. The van der Waals surface area contributed by atoms with Crippen LogP contribution in [-0.4, -0.2) is 11.4 Å². The molecule has 68 valence electrons. The molecule has 0 aromatic heterocycles. The summed E-state index contributed by atoms with van der Waals surface area (Å²) in [5, 5.41) is 2.56. The molecule has 1 aromatic carbocycles. The molecule has 0 saturated carbocycles. The molecular formula is C9H10N2OS. The second-order valence-electron chi connectivity index (χ2n) is 2.61. The molecule has 1 rings (SSSR count). The van der Waals surface area contributed by atoms with Crippen LogP contribution >= 0.6 is 12.2 Å². The molecule has 0 radical (unpaired) electrons. The lowest BCUT2D eigenvalue weighted by Crippen LogP contribution is -2.11. The van der Waals surface area contributed by atoms with Crippen LogP contribution in [0.1, 0.15) is 5.56 Å². The number of rotatable bonds is 4. The van der Waals surface area contributed by atoms with Gasteiger partial charge in [0.15, 0.2) is 0 Å². The molecule has 0 unspecified atom stereocenters. The maximum atomic E-state index is 10.1. The molecule has 4 heteroatoms. The van der Waals surface area contributed by atoms with E-state index in [1.165, 1.54) is 0 Å². The van der Waals surface area contributed by atoms with E-state index in [-0.39, 0.29) is 0 Å². The van der Waals surface area contributed by atoms with Gasteiger partial charge in [-0.25, -0.2) is 0 Å². The van der Waals surface area contributed by atoms with Crippen LogP contribution in [0.25, 0.3) is 0 Å². The summed E-state index contributed by atoms with van der Waals surface area (Å²) in [7, 11) is 0. The highest BCUT2D eigenvalue weighted by atomic mass is 32.1. The van der Waals surface area contributed by atoms with Crippen molar-refractivity contribution in [3.63, 3.8) is 0 Å². The third-order valence-corrected chi connectivity index (χ3v) is 1.68. The fourth-order valence-electron chi connectivity index (χ4n) is 1.04. The number of thiocarbonyl (C=S) groups is 1. The van der Waals surface area contributed by atoms with Gasteiger partial charge in [-0.05, 0) is 17.7 Å². The maximum absolute atomic E-state index is 10.1. The number of carbonyl (C=O) groups is 1. The molecule has 0 aliphatic heterocycles. The van der Waals surface area contributed by atoms with Crippen molar-refractivity contribution >= 4 is 29.3 Å². The van der Waals surface area contributed by atoms with E-state index in [9.17, 15) is 4.79 Å². The van der Waals surface area contributed by atoms with Crippen LogP contribution in [0.2, 0.25) is 0 Å². The van der Waals surface area contributed by atoms with Crippen molar-refractivity contribution in [3.05, 3.63) is 29.8 Å². The standard InChI is InChI=1S/C9H10N2OS/c10-9(13)5-7-2-1-3-8(4-7)11-6-12/h1-4,6H,5H2,(H2,10,13)(H,11,12). The number of hydrogen-bond acceptors (Lipinski definition) is 2. The first-order valence-electron chi connectivity index (χ1n) is 3.80. The second kappa shape index (κ2) is 4.57. The summed E-state index contributed by atoms with van der Waals surface area (Å²) >= 11 is 4.77. The van der Waals surface area contributed by atoms with Gasteiger partial charge in [-0.3, -0.25) is 4.79 Å². The smallest absolute Gasteiger partial charge is 0.211 e. The quantitative estimate of drug-likeness (QED) is 0.557. The summed E-state index contributed by atoms with van der Waals surface area (Å²) in [5.74, 6) is 0.